The highest BCUT2D eigenvalue weighted by Gasteiger charge is 2.07. The van der Waals surface area contributed by atoms with Gasteiger partial charge in [0, 0.05) is 29.2 Å². The minimum absolute atomic E-state index is 0.755. The lowest BCUT2D eigenvalue weighted by atomic mass is 10.1. The average Bonchev–Trinajstić information content (AvgIpc) is 2.89. The van der Waals surface area contributed by atoms with Crippen LogP contribution in [-0.4, -0.2) is 14.8 Å². The van der Waals surface area contributed by atoms with E-state index in [2.05, 4.69) is 10.1 Å². The van der Waals surface area contributed by atoms with E-state index in [1.54, 1.807) is 12.4 Å². The highest BCUT2D eigenvalue weighted by molar-refractivity contribution is 5.75. The molecule has 3 rings (SSSR count). The van der Waals surface area contributed by atoms with Gasteiger partial charge in [-0.2, -0.15) is 5.10 Å². The summed E-state index contributed by atoms with van der Waals surface area (Å²) >= 11 is 0. The normalized spacial score (nSPS) is 10.6. The molecule has 0 bridgehead atoms. The van der Waals surface area contributed by atoms with Crippen molar-refractivity contribution in [1.29, 1.82) is 0 Å². The Kier molecular flexibility index (Phi) is 2.76. The minimum Gasteiger partial charge on any atom is -0.398 e. The summed E-state index contributed by atoms with van der Waals surface area (Å²) in [6, 6.07) is 9.75. The minimum atomic E-state index is 0.755. The van der Waals surface area contributed by atoms with Crippen molar-refractivity contribution >= 4 is 5.69 Å². The van der Waals surface area contributed by atoms with Crippen LogP contribution in [0.5, 0.6) is 0 Å². The third kappa shape index (κ3) is 2.08. The van der Waals surface area contributed by atoms with E-state index >= 15 is 0 Å². The molecular weight excluding hydrogens is 236 g/mol. The summed E-state index contributed by atoms with van der Waals surface area (Å²) in [6.07, 6.45) is 7.37. The molecule has 19 heavy (non-hydrogen) atoms. The van der Waals surface area contributed by atoms with E-state index in [9.17, 15) is 0 Å². The van der Waals surface area contributed by atoms with Crippen molar-refractivity contribution in [3.8, 4) is 16.8 Å². The lowest BCUT2D eigenvalue weighted by Gasteiger charge is -2.04. The Morgan fingerprint density at radius 3 is 2.74 bits per heavy atom. The van der Waals surface area contributed by atoms with Crippen LogP contribution in [0.1, 0.15) is 5.56 Å². The lowest BCUT2D eigenvalue weighted by Crippen LogP contribution is -1.97. The number of anilines is 1. The van der Waals surface area contributed by atoms with Gasteiger partial charge in [0.25, 0.3) is 0 Å². The first kappa shape index (κ1) is 11.5. The fourth-order valence-corrected chi connectivity index (χ4v) is 2.05. The molecule has 0 aliphatic rings. The van der Waals surface area contributed by atoms with Crippen molar-refractivity contribution in [3.63, 3.8) is 0 Å². The molecule has 1 aromatic carbocycles. The summed E-state index contributed by atoms with van der Waals surface area (Å²) in [5.74, 6) is 0. The van der Waals surface area contributed by atoms with Crippen LogP contribution in [0.4, 0.5) is 5.69 Å². The van der Waals surface area contributed by atoms with E-state index in [4.69, 9.17) is 5.73 Å². The number of nitrogen functional groups attached to an aromatic ring is 1. The van der Waals surface area contributed by atoms with Crippen LogP contribution in [-0.2, 0) is 0 Å². The molecule has 0 spiro atoms. The SMILES string of the molecule is Cc1ccncc1-n1cc(-c2ccccc2N)cn1. The first-order valence-corrected chi connectivity index (χ1v) is 6.06. The Hall–Kier alpha value is -2.62. The molecule has 2 heterocycles. The zero-order valence-corrected chi connectivity index (χ0v) is 10.6. The van der Waals surface area contributed by atoms with Gasteiger partial charge in [-0.1, -0.05) is 18.2 Å². The van der Waals surface area contributed by atoms with Crippen LogP contribution in [0, 0.1) is 6.92 Å². The van der Waals surface area contributed by atoms with E-state index in [1.807, 2.05) is 54.3 Å². The molecule has 3 aromatic rings. The van der Waals surface area contributed by atoms with Crippen molar-refractivity contribution in [2.45, 2.75) is 6.92 Å². The monoisotopic (exact) mass is 250 g/mol. The number of aryl methyl sites for hydroxylation is 1. The molecule has 0 saturated carbocycles. The van der Waals surface area contributed by atoms with E-state index < -0.39 is 0 Å². The zero-order chi connectivity index (χ0) is 13.2. The van der Waals surface area contributed by atoms with Crippen LogP contribution in [0.3, 0.4) is 0 Å². The van der Waals surface area contributed by atoms with Gasteiger partial charge in [-0.15, -0.1) is 0 Å². The van der Waals surface area contributed by atoms with Crippen molar-refractivity contribution in [2.75, 3.05) is 5.73 Å². The molecule has 0 saturated heterocycles. The first-order chi connectivity index (χ1) is 9.25. The highest BCUT2D eigenvalue weighted by Crippen LogP contribution is 2.25. The number of hydrogen-bond acceptors (Lipinski definition) is 3. The van der Waals surface area contributed by atoms with Gasteiger partial charge in [0.2, 0.25) is 0 Å². The number of aromatic nitrogens is 3. The number of pyridine rings is 1. The van der Waals surface area contributed by atoms with Gasteiger partial charge >= 0.3 is 0 Å². The van der Waals surface area contributed by atoms with Crippen molar-refractivity contribution in [2.24, 2.45) is 0 Å². The summed E-state index contributed by atoms with van der Waals surface area (Å²) in [5, 5.41) is 4.39. The lowest BCUT2D eigenvalue weighted by molar-refractivity contribution is 0.865. The second kappa shape index (κ2) is 4.57. The second-order valence-corrected chi connectivity index (χ2v) is 4.42. The predicted molar refractivity (Wildman–Crippen MR) is 75.9 cm³/mol. The van der Waals surface area contributed by atoms with Gasteiger partial charge in [0.05, 0.1) is 18.1 Å². The molecule has 0 fully saturated rings. The third-order valence-electron chi connectivity index (χ3n) is 3.11. The van der Waals surface area contributed by atoms with Crippen LogP contribution in [0.25, 0.3) is 16.8 Å². The van der Waals surface area contributed by atoms with E-state index in [0.29, 0.717) is 0 Å². The fourth-order valence-electron chi connectivity index (χ4n) is 2.05. The second-order valence-electron chi connectivity index (χ2n) is 4.42. The maximum atomic E-state index is 5.98. The quantitative estimate of drug-likeness (QED) is 0.711. The summed E-state index contributed by atoms with van der Waals surface area (Å²) in [5.41, 5.74) is 10.8. The number of rotatable bonds is 2. The van der Waals surface area contributed by atoms with Crippen LogP contribution < -0.4 is 5.73 Å². The van der Waals surface area contributed by atoms with Crippen molar-refractivity contribution in [3.05, 3.63) is 60.7 Å². The number of hydrogen-bond donors (Lipinski definition) is 1. The Bertz CT molecular complexity index is 655. The van der Waals surface area contributed by atoms with E-state index in [0.717, 1.165) is 28.1 Å². The van der Waals surface area contributed by atoms with Gasteiger partial charge in [-0.05, 0) is 24.6 Å². The smallest absolute Gasteiger partial charge is 0.0858 e. The van der Waals surface area contributed by atoms with Crippen molar-refractivity contribution < 1.29 is 0 Å². The summed E-state index contributed by atoms with van der Waals surface area (Å²) in [6.45, 7) is 2.04. The Morgan fingerprint density at radius 2 is 1.95 bits per heavy atom. The Labute approximate surface area is 111 Å². The van der Waals surface area contributed by atoms with Gasteiger partial charge in [-0.3, -0.25) is 4.98 Å². The number of benzene rings is 1. The zero-order valence-electron chi connectivity index (χ0n) is 10.6. The van der Waals surface area contributed by atoms with Crippen LogP contribution in [0.15, 0.2) is 55.1 Å². The van der Waals surface area contributed by atoms with Crippen LogP contribution >= 0.6 is 0 Å². The summed E-state index contributed by atoms with van der Waals surface area (Å²) in [4.78, 5) is 4.14. The number of nitrogens with zero attached hydrogens (tertiary/aromatic N) is 3. The summed E-state index contributed by atoms with van der Waals surface area (Å²) in [7, 11) is 0. The maximum absolute atomic E-state index is 5.98. The topological polar surface area (TPSA) is 56.7 Å². The average molecular weight is 250 g/mol. The van der Waals surface area contributed by atoms with E-state index in [-0.39, 0.29) is 0 Å². The molecule has 0 amide bonds. The molecule has 4 nitrogen and oxygen atoms in total. The van der Waals surface area contributed by atoms with Crippen molar-refractivity contribution in [1.82, 2.24) is 14.8 Å². The van der Waals surface area contributed by atoms with Gasteiger partial charge in [0.1, 0.15) is 0 Å². The molecule has 0 unspecified atom stereocenters. The van der Waals surface area contributed by atoms with Gasteiger partial charge in [0.15, 0.2) is 0 Å². The Morgan fingerprint density at radius 1 is 1.11 bits per heavy atom. The first-order valence-electron chi connectivity index (χ1n) is 6.06. The predicted octanol–water partition coefficient (Wildman–Crippen LogP) is 2.82. The molecular formula is C15H14N4. The molecule has 0 aliphatic heterocycles. The molecule has 0 atom stereocenters. The highest BCUT2D eigenvalue weighted by atomic mass is 15.3. The molecule has 94 valence electrons. The molecule has 0 aliphatic carbocycles. The molecule has 0 radical (unpaired) electrons. The standard InChI is InChI=1S/C15H14N4/c1-11-6-7-17-9-15(11)19-10-12(8-18-19)13-4-2-3-5-14(13)16/h2-10H,16H2,1H3. The van der Waals surface area contributed by atoms with E-state index in [1.165, 1.54) is 0 Å². The third-order valence-corrected chi connectivity index (χ3v) is 3.11. The summed E-state index contributed by atoms with van der Waals surface area (Å²) < 4.78 is 1.82. The van der Waals surface area contributed by atoms with Gasteiger partial charge < -0.3 is 5.73 Å². The van der Waals surface area contributed by atoms with Crippen LogP contribution in [0.2, 0.25) is 0 Å². The largest absolute Gasteiger partial charge is 0.398 e. The molecule has 2 N–H and O–H groups in total. The molecule has 2 aromatic heterocycles. The number of nitrogens with two attached hydrogens (primary N) is 1. The van der Waals surface area contributed by atoms with Gasteiger partial charge in [-0.25, -0.2) is 4.68 Å². The Balaban J connectivity index is 2.06. The molecule has 4 heteroatoms. The fraction of sp³-hybridized carbons (Fsp3) is 0.0667. The maximum Gasteiger partial charge on any atom is 0.0858 e. The number of para-hydroxylation sites is 1.